The fraction of sp³-hybridized carbons (Fsp3) is 0.377. The highest BCUT2D eigenvalue weighted by molar-refractivity contribution is 6.30. The number of amides is 5. The van der Waals surface area contributed by atoms with Crippen molar-refractivity contribution in [3.8, 4) is 0 Å². The Hall–Kier alpha value is -7.42. The molecule has 5 amide bonds. The quantitative estimate of drug-likeness (QED) is 0.0344. The van der Waals surface area contributed by atoms with Crippen LogP contribution in [-0.2, 0) is 19.2 Å². The lowest BCUT2D eigenvalue weighted by Crippen LogP contribution is -2.50. The molecule has 1 saturated carbocycles. The zero-order chi connectivity index (χ0) is 58.0. The zero-order valence-corrected chi connectivity index (χ0v) is 48.5. The fourth-order valence-corrected chi connectivity index (χ4v) is 11.8. The van der Waals surface area contributed by atoms with Crippen LogP contribution in [0.1, 0.15) is 121 Å². The molecule has 1 aliphatic carbocycles. The zero-order valence-electron chi connectivity index (χ0n) is 47.8. The molecule has 4 atom stereocenters. The van der Waals surface area contributed by atoms with Gasteiger partial charge in [0.2, 0.25) is 23.6 Å². The van der Waals surface area contributed by atoms with Crippen LogP contribution in [0.15, 0.2) is 182 Å². The number of halogens is 1. The van der Waals surface area contributed by atoms with Gasteiger partial charge in [0.1, 0.15) is 0 Å². The molecule has 13 nitrogen and oxygen atoms in total. The first-order valence-electron chi connectivity index (χ1n) is 29.9. The minimum atomic E-state index is -0.480. The van der Waals surface area contributed by atoms with Gasteiger partial charge in [0, 0.05) is 92.8 Å². The van der Waals surface area contributed by atoms with E-state index in [9.17, 15) is 24.0 Å². The third-order valence-electron chi connectivity index (χ3n) is 16.2. The van der Waals surface area contributed by atoms with Crippen LogP contribution in [0.2, 0.25) is 5.02 Å². The smallest absolute Gasteiger partial charge is 0.251 e. The van der Waals surface area contributed by atoms with E-state index in [1.54, 1.807) is 18.2 Å². The van der Waals surface area contributed by atoms with E-state index in [-0.39, 0.29) is 59.5 Å². The van der Waals surface area contributed by atoms with Gasteiger partial charge in [-0.1, -0.05) is 183 Å². The lowest BCUT2D eigenvalue weighted by molar-refractivity contribution is -0.133. The summed E-state index contributed by atoms with van der Waals surface area (Å²) in [7, 11) is 0. The average Bonchev–Trinajstić information content (AvgIpc) is 3.78. The van der Waals surface area contributed by atoms with Gasteiger partial charge in [-0.25, -0.2) is 0 Å². The first-order valence-corrected chi connectivity index (χ1v) is 30.3. The van der Waals surface area contributed by atoms with Crippen LogP contribution in [0.25, 0.3) is 6.08 Å². The molecule has 9 rings (SSSR count). The summed E-state index contributed by atoms with van der Waals surface area (Å²) < 4.78 is 0. The van der Waals surface area contributed by atoms with Crippen molar-refractivity contribution in [2.75, 3.05) is 52.4 Å². The van der Waals surface area contributed by atoms with Crippen LogP contribution in [0.3, 0.4) is 0 Å². The summed E-state index contributed by atoms with van der Waals surface area (Å²) in [6, 6.07) is 57.1. The number of benzene rings is 6. The largest absolute Gasteiger partial charge is 0.356 e. The highest BCUT2D eigenvalue weighted by Gasteiger charge is 2.34. The first-order chi connectivity index (χ1) is 40.6. The normalized spacial score (nSPS) is 18.7. The summed E-state index contributed by atoms with van der Waals surface area (Å²) in [6.45, 7) is 4.19. The molecule has 0 spiro atoms. The molecule has 3 aliphatic rings. The van der Waals surface area contributed by atoms with E-state index >= 15 is 0 Å². The van der Waals surface area contributed by atoms with Crippen molar-refractivity contribution >= 4 is 47.2 Å². The van der Waals surface area contributed by atoms with E-state index in [0.29, 0.717) is 94.5 Å². The van der Waals surface area contributed by atoms with Crippen LogP contribution in [-0.4, -0.2) is 116 Å². The second-order valence-corrected chi connectivity index (χ2v) is 22.6. The summed E-state index contributed by atoms with van der Waals surface area (Å²) in [4.78, 5) is 69.6. The van der Waals surface area contributed by atoms with Crippen molar-refractivity contribution in [2.45, 2.75) is 107 Å². The molecule has 7 N–H and O–H groups in total. The predicted octanol–water partition coefficient (Wildman–Crippen LogP) is 9.88. The molecule has 436 valence electrons. The summed E-state index contributed by atoms with van der Waals surface area (Å²) >= 11 is 5.97. The van der Waals surface area contributed by atoms with Crippen LogP contribution in [0.5, 0.6) is 0 Å². The number of carbonyl (C=O) groups excluding carboxylic acids is 5. The molecule has 2 aliphatic heterocycles. The Labute approximate surface area is 496 Å². The Bertz CT molecular complexity index is 2870. The van der Waals surface area contributed by atoms with Crippen LogP contribution < -0.4 is 32.3 Å². The Morgan fingerprint density at radius 1 is 0.554 bits per heavy atom. The fourth-order valence-electron chi connectivity index (χ4n) is 11.6. The van der Waals surface area contributed by atoms with E-state index in [0.717, 1.165) is 42.4 Å². The molecule has 0 unspecified atom stereocenters. The minimum absolute atomic E-state index is 0.0199. The molecule has 2 heterocycles. The van der Waals surface area contributed by atoms with Crippen molar-refractivity contribution < 1.29 is 24.0 Å². The molecule has 0 bridgehead atoms. The molecule has 14 heteroatoms. The molecule has 0 aromatic heterocycles. The van der Waals surface area contributed by atoms with Gasteiger partial charge in [-0.15, -0.1) is 0 Å². The van der Waals surface area contributed by atoms with Crippen molar-refractivity contribution in [3.05, 3.63) is 220 Å². The van der Waals surface area contributed by atoms with Crippen LogP contribution in [0, 0.1) is 5.92 Å². The number of rotatable bonds is 23. The summed E-state index contributed by atoms with van der Waals surface area (Å²) in [5.41, 5.74) is 12.1. The Balaban J connectivity index is 0.000000225. The van der Waals surface area contributed by atoms with E-state index in [1.165, 1.54) is 36.5 Å². The van der Waals surface area contributed by atoms with Gasteiger partial charge in [0.25, 0.3) is 5.91 Å². The average molecular weight is 1140 g/mol. The summed E-state index contributed by atoms with van der Waals surface area (Å²) in [6.07, 6.45) is 13.1. The van der Waals surface area contributed by atoms with Gasteiger partial charge in [-0.05, 0) is 116 Å². The summed E-state index contributed by atoms with van der Waals surface area (Å²) in [5, 5.41) is 16.8. The van der Waals surface area contributed by atoms with Crippen LogP contribution in [0.4, 0.5) is 0 Å². The highest BCUT2D eigenvalue weighted by Crippen LogP contribution is 2.30. The molecule has 0 radical (unpaired) electrons. The van der Waals surface area contributed by atoms with E-state index in [4.69, 9.17) is 17.3 Å². The topological polar surface area (TPSA) is 178 Å². The molecular weight excluding hydrogens is 1060 g/mol. The second-order valence-electron chi connectivity index (χ2n) is 22.2. The van der Waals surface area contributed by atoms with Crippen molar-refractivity contribution in [2.24, 2.45) is 11.7 Å². The molecule has 2 saturated heterocycles. The standard InChI is InChI=1S/C39H47ClN4O3.C30H36N4O2/c40-33-19-16-29(17-20-33)18-21-37(45)42-27-34-23-25-44(28-35(31-12-6-2-7-13-31)32-14-8-3-9-15-32)39(47)36(43-34)22-24-41-38(46)26-30-10-4-1-5-11-30;31-19-16-28-30(36)34(22-27(23-10-4-1-5-11-23)24-12-6-2-7-13-24)21-18-26(33-28)17-20-32-29(35)25-14-8-3-9-15-25/h2-3,6-9,12-21,30,34-36,43H,1,4-5,10-11,22-28H2,(H,41,46)(H,42,45);1-15,26-28,33H,16-22,31H2,(H,32,35)/b21-18+;/t34-,36-;26-,28+/m01/s1. The Kier molecular flexibility index (Phi) is 24.5. The van der Waals surface area contributed by atoms with E-state index in [2.05, 4.69) is 75.1 Å². The van der Waals surface area contributed by atoms with Crippen molar-refractivity contribution in [3.63, 3.8) is 0 Å². The predicted molar refractivity (Wildman–Crippen MR) is 333 cm³/mol. The van der Waals surface area contributed by atoms with Crippen LogP contribution >= 0.6 is 11.6 Å². The number of carbonyl (C=O) groups is 5. The highest BCUT2D eigenvalue weighted by atomic mass is 35.5. The molecule has 6 aromatic carbocycles. The number of hydrogen-bond donors (Lipinski definition) is 6. The van der Waals surface area contributed by atoms with Gasteiger partial charge >= 0.3 is 0 Å². The van der Waals surface area contributed by atoms with E-state index < -0.39 is 6.04 Å². The maximum Gasteiger partial charge on any atom is 0.251 e. The molecule has 83 heavy (non-hydrogen) atoms. The first kappa shape index (κ1) is 61.6. The third kappa shape index (κ3) is 19.6. The van der Waals surface area contributed by atoms with Gasteiger partial charge < -0.3 is 42.1 Å². The Morgan fingerprint density at radius 3 is 1.54 bits per heavy atom. The third-order valence-corrected chi connectivity index (χ3v) is 16.5. The van der Waals surface area contributed by atoms with Gasteiger partial charge in [-0.2, -0.15) is 0 Å². The Morgan fingerprint density at radius 2 is 1.02 bits per heavy atom. The molecule has 3 fully saturated rings. The van der Waals surface area contributed by atoms with E-state index in [1.807, 2.05) is 125 Å². The van der Waals surface area contributed by atoms with Crippen molar-refractivity contribution in [1.29, 1.82) is 0 Å². The maximum atomic E-state index is 14.1. The second kappa shape index (κ2) is 33.0. The number of nitrogens with two attached hydrogens (primary N) is 1. The minimum Gasteiger partial charge on any atom is -0.356 e. The summed E-state index contributed by atoms with van der Waals surface area (Å²) in [5.74, 6) is 0.504. The SMILES string of the molecule is NCC[C@@H]1N[C@H](CCNC(=O)c2ccccc2)CCN(CC(c2ccccc2)c2ccccc2)C1=O.O=C(/C=C/c1ccc(Cl)cc1)NC[C@@H]1CCN(CC(c2ccccc2)c2ccccc2)C(=O)[C@H](CCNC(=O)CC2CCCCC2)N1. The van der Waals surface area contributed by atoms with Gasteiger partial charge in [0.05, 0.1) is 12.1 Å². The van der Waals surface area contributed by atoms with Gasteiger partial charge in [0.15, 0.2) is 0 Å². The lowest BCUT2D eigenvalue weighted by Gasteiger charge is -2.29. The maximum absolute atomic E-state index is 14.1. The monoisotopic (exact) mass is 1140 g/mol. The number of nitrogens with one attached hydrogen (secondary N) is 5. The lowest BCUT2D eigenvalue weighted by atomic mass is 9.87. The molecular formula is C69H83ClN8O5. The number of hydrogen-bond acceptors (Lipinski definition) is 8. The molecule has 6 aromatic rings. The van der Waals surface area contributed by atoms with Gasteiger partial charge in [-0.3, -0.25) is 24.0 Å². The van der Waals surface area contributed by atoms with Crippen molar-refractivity contribution in [1.82, 2.24) is 36.4 Å². The number of nitrogens with zero attached hydrogens (tertiary/aromatic N) is 2.